The number of aliphatic carboxylic acids is 1. The van der Waals surface area contributed by atoms with Gasteiger partial charge in [0.15, 0.2) is 0 Å². The smallest absolute Gasteiger partial charge is 0.306 e. The molecule has 0 aromatic heterocycles. The Kier molecular flexibility index (Phi) is 3.27. The van der Waals surface area contributed by atoms with Crippen LogP contribution >= 0.6 is 0 Å². The molecule has 0 heterocycles. The molecule has 4 nitrogen and oxygen atoms in total. The largest absolute Gasteiger partial charge is 0.481 e. The van der Waals surface area contributed by atoms with Crippen LogP contribution in [0.1, 0.15) is 32.1 Å². The molecule has 1 amide bonds. The maximum absolute atomic E-state index is 11.8. The number of hydrogen-bond donors (Lipinski definition) is 2. The molecule has 0 aromatic rings. The first-order valence-electron chi connectivity index (χ1n) is 5.85. The van der Waals surface area contributed by atoms with Gasteiger partial charge in [0.1, 0.15) is 0 Å². The third-order valence-corrected chi connectivity index (χ3v) is 3.51. The average molecular weight is 223 g/mol. The number of hydrogen-bond acceptors (Lipinski definition) is 2. The monoisotopic (exact) mass is 223 g/mol. The molecule has 2 aliphatic rings. The van der Waals surface area contributed by atoms with E-state index < -0.39 is 5.97 Å². The molecule has 2 aliphatic carbocycles. The Morgan fingerprint density at radius 1 is 1.12 bits per heavy atom. The van der Waals surface area contributed by atoms with Gasteiger partial charge in [0.05, 0.1) is 5.92 Å². The lowest BCUT2D eigenvalue weighted by Gasteiger charge is -2.15. The fourth-order valence-electron chi connectivity index (χ4n) is 2.49. The molecule has 2 atom stereocenters. The van der Waals surface area contributed by atoms with Gasteiger partial charge in [-0.2, -0.15) is 0 Å². The molecular weight excluding hydrogens is 206 g/mol. The molecule has 0 radical (unpaired) electrons. The van der Waals surface area contributed by atoms with Crippen molar-refractivity contribution in [2.45, 2.75) is 38.1 Å². The topological polar surface area (TPSA) is 66.4 Å². The first-order valence-corrected chi connectivity index (χ1v) is 5.85. The maximum Gasteiger partial charge on any atom is 0.306 e. The predicted molar refractivity (Wildman–Crippen MR) is 58.8 cm³/mol. The molecule has 16 heavy (non-hydrogen) atoms. The minimum absolute atomic E-state index is 0.0641. The maximum atomic E-state index is 11.8. The summed E-state index contributed by atoms with van der Waals surface area (Å²) in [4.78, 5) is 22.5. The van der Waals surface area contributed by atoms with Gasteiger partial charge in [0.2, 0.25) is 5.91 Å². The van der Waals surface area contributed by atoms with E-state index in [1.165, 1.54) is 0 Å². The summed E-state index contributed by atoms with van der Waals surface area (Å²) < 4.78 is 0. The van der Waals surface area contributed by atoms with Crippen molar-refractivity contribution in [3.63, 3.8) is 0 Å². The van der Waals surface area contributed by atoms with Crippen molar-refractivity contribution in [1.82, 2.24) is 5.32 Å². The van der Waals surface area contributed by atoms with Crippen LogP contribution in [-0.4, -0.2) is 23.0 Å². The van der Waals surface area contributed by atoms with Gasteiger partial charge in [-0.05, 0) is 32.1 Å². The molecule has 4 heteroatoms. The lowest BCUT2D eigenvalue weighted by Crippen LogP contribution is -2.37. The molecule has 0 aliphatic heterocycles. The number of carbonyl (C=O) groups excluding carboxylic acids is 1. The van der Waals surface area contributed by atoms with Gasteiger partial charge in [-0.3, -0.25) is 9.59 Å². The summed E-state index contributed by atoms with van der Waals surface area (Å²) in [6.07, 6.45) is 7.76. The molecule has 2 N–H and O–H groups in total. The van der Waals surface area contributed by atoms with Crippen molar-refractivity contribution >= 4 is 11.9 Å². The highest BCUT2D eigenvalue weighted by molar-refractivity contribution is 5.80. The van der Waals surface area contributed by atoms with Gasteiger partial charge >= 0.3 is 5.97 Å². The highest BCUT2D eigenvalue weighted by Crippen LogP contribution is 2.26. The average Bonchev–Trinajstić information content (AvgIpc) is 2.87. The molecule has 0 aromatic carbocycles. The third-order valence-electron chi connectivity index (χ3n) is 3.51. The second kappa shape index (κ2) is 4.68. The van der Waals surface area contributed by atoms with Crippen molar-refractivity contribution in [2.24, 2.45) is 11.8 Å². The van der Waals surface area contributed by atoms with Gasteiger partial charge < -0.3 is 10.4 Å². The van der Waals surface area contributed by atoms with Crippen molar-refractivity contribution in [2.75, 3.05) is 0 Å². The first kappa shape index (κ1) is 11.2. The van der Waals surface area contributed by atoms with Crippen LogP contribution in [0.5, 0.6) is 0 Å². The third kappa shape index (κ3) is 2.43. The quantitative estimate of drug-likeness (QED) is 0.709. The van der Waals surface area contributed by atoms with E-state index >= 15 is 0 Å². The van der Waals surface area contributed by atoms with E-state index in [1.807, 2.05) is 12.2 Å². The van der Waals surface area contributed by atoms with E-state index in [2.05, 4.69) is 5.32 Å². The van der Waals surface area contributed by atoms with Crippen molar-refractivity contribution in [1.29, 1.82) is 0 Å². The molecule has 2 rings (SSSR count). The van der Waals surface area contributed by atoms with Crippen LogP contribution in [-0.2, 0) is 9.59 Å². The minimum atomic E-state index is -0.737. The molecule has 0 unspecified atom stereocenters. The lowest BCUT2D eigenvalue weighted by atomic mass is 10.1. The fourth-order valence-corrected chi connectivity index (χ4v) is 2.49. The summed E-state index contributed by atoms with van der Waals surface area (Å²) in [5.74, 6) is -0.851. The van der Waals surface area contributed by atoms with Crippen LogP contribution in [0.4, 0.5) is 0 Å². The Balaban J connectivity index is 1.78. The summed E-state index contributed by atoms with van der Waals surface area (Å²) in [5.41, 5.74) is 0. The SMILES string of the molecule is O=C(N[C@H]1CC[C@H](C(=O)O)C1)C1CC=CC1. The Morgan fingerprint density at radius 3 is 2.38 bits per heavy atom. The standard InChI is InChI=1S/C12H17NO3/c14-11(8-3-1-2-4-8)13-10-6-5-9(7-10)12(15)16/h1-2,8-10H,3-7H2,(H,13,14)(H,15,16)/t9-,10-/m0/s1. The van der Waals surface area contributed by atoms with E-state index in [9.17, 15) is 9.59 Å². The Hall–Kier alpha value is -1.32. The van der Waals surface area contributed by atoms with E-state index in [0.717, 1.165) is 19.3 Å². The van der Waals surface area contributed by atoms with E-state index in [1.54, 1.807) is 0 Å². The molecule has 0 bridgehead atoms. The van der Waals surface area contributed by atoms with Crippen LogP contribution in [0.2, 0.25) is 0 Å². The molecule has 1 fully saturated rings. The molecule has 0 saturated heterocycles. The van der Waals surface area contributed by atoms with Crippen LogP contribution in [0.15, 0.2) is 12.2 Å². The number of rotatable bonds is 3. The summed E-state index contributed by atoms with van der Waals surface area (Å²) >= 11 is 0. The van der Waals surface area contributed by atoms with Gasteiger partial charge in [-0.25, -0.2) is 0 Å². The van der Waals surface area contributed by atoms with Crippen molar-refractivity contribution in [3.8, 4) is 0 Å². The molecular formula is C12H17NO3. The Morgan fingerprint density at radius 2 is 1.81 bits per heavy atom. The van der Waals surface area contributed by atoms with Crippen LogP contribution in [0, 0.1) is 11.8 Å². The highest BCUT2D eigenvalue weighted by atomic mass is 16.4. The Bertz CT molecular complexity index is 316. The van der Waals surface area contributed by atoms with Gasteiger partial charge in [0, 0.05) is 12.0 Å². The molecule has 0 spiro atoms. The lowest BCUT2D eigenvalue weighted by molar-refractivity contribution is -0.141. The summed E-state index contributed by atoms with van der Waals surface area (Å²) in [5, 5.41) is 11.8. The molecule has 88 valence electrons. The van der Waals surface area contributed by atoms with E-state index in [-0.39, 0.29) is 23.8 Å². The summed E-state index contributed by atoms with van der Waals surface area (Å²) in [6, 6.07) is 0.0641. The number of carboxylic acids is 1. The number of carbonyl (C=O) groups is 2. The fraction of sp³-hybridized carbons (Fsp3) is 0.667. The number of carboxylic acid groups (broad SMARTS) is 1. The summed E-state index contributed by atoms with van der Waals surface area (Å²) in [7, 11) is 0. The molecule has 1 saturated carbocycles. The van der Waals surface area contributed by atoms with Gasteiger partial charge in [-0.15, -0.1) is 0 Å². The van der Waals surface area contributed by atoms with Crippen molar-refractivity contribution < 1.29 is 14.7 Å². The first-order chi connectivity index (χ1) is 7.66. The van der Waals surface area contributed by atoms with Crippen LogP contribution in [0.25, 0.3) is 0 Å². The normalized spacial score (nSPS) is 29.5. The number of allylic oxidation sites excluding steroid dienone is 2. The van der Waals surface area contributed by atoms with Crippen LogP contribution in [0.3, 0.4) is 0 Å². The van der Waals surface area contributed by atoms with Crippen LogP contribution < -0.4 is 5.32 Å². The van der Waals surface area contributed by atoms with Gasteiger partial charge in [-0.1, -0.05) is 12.2 Å². The van der Waals surface area contributed by atoms with Crippen molar-refractivity contribution in [3.05, 3.63) is 12.2 Å². The Labute approximate surface area is 94.7 Å². The zero-order valence-corrected chi connectivity index (χ0v) is 9.19. The van der Waals surface area contributed by atoms with E-state index in [4.69, 9.17) is 5.11 Å². The second-order valence-electron chi connectivity index (χ2n) is 4.69. The second-order valence-corrected chi connectivity index (χ2v) is 4.69. The minimum Gasteiger partial charge on any atom is -0.481 e. The zero-order chi connectivity index (χ0) is 11.5. The predicted octanol–water partition coefficient (Wildman–Crippen LogP) is 1.32. The highest BCUT2D eigenvalue weighted by Gasteiger charge is 2.31. The zero-order valence-electron chi connectivity index (χ0n) is 9.19. The summed E-state index contributed by atoms with van der Waals surface area (Å²) in [6.45, 7) is 0. The van der Waals surface area contributed by atoms with E-state index in [0.29, 0.717) is 12.8 Å². The number of nitrogens with one attached hydrogen (secondary N) is 1. The number of amides is 1. The van der Waals surface area contributed by atoms with Gasteiger partial charge in [0.25, 0.3) is 0 Å².